The second kappa shape index (κ2) is 8.09. The quantitative estimate of drug-likeness (QED) is 0.673. The molecule has 1 unspecified atom stereocenters. The Hall–Kier alpha value is -0.670. The predicted octanol–water partition coefficient (Wildman–Crippen LogP) is 5.74. The summed E-state index contributed by atoms with van der Waals surface area (Å²) >= 11 is 14.3. The van der Waals surface area contributed by atoms with Gasteiger partial charge in [0.15, 0.2) is 0 Å². The van der Waals surface area contributed by atoms with Gasteiger partial charge in [-0.25, -0.2) is 0 Å². The van der Waals surface area contributed by atoms with Gasteiger partial charge in [-0.3, -0.25) is 0 Å². The molecule has 1 N–H and O–H groups in total. The molecule has 2 aromatic carbocycles. The van der Waals surface area contributed by atoms with Gasteiger partial charge >= 0.3 is 0 Å². The lowest BCUT2D eigenvalue weighted by atomic mass is 10.1. The van der Waals surface area contributed by atoms with E-state index in [1.54, 1.807) is 0 Å². The minimum atomic E-state index is 0.186. The molecule has 21 heavy (non-hydrogen) atoms. The SMILES string of the molecule is CCNC(CSc1ccccc1C)c1cc(Cl)ccc1Cl. The molecular formula is C17H19Cl2NS. The summed E-state index contributed by atoms with van der Waals surface area (Å²) in [4.78, 5) is 1.30. The molecule has 2 rings (SSSR count). The fourth-order valence-electron chi connectivity index (χ4n) is 2.18. The highest BCUT2D eigenvalue weighted by atomic mass is 35.5. The predicted molar refractivity (Wildman–Crippen MR) is 94.8 cm³/mol. The first-order chi connectivity index (χ1) is 10.1. The summed E-state index contributed by atoms with van der Waals surface area (Å²) in [5.41, 5.74) is 2.36. The molecule has 1 nitrogen and oxygen atoms in total. The van der Waals surface area contributed by atoms with Crippen molar-refractivity contribution < 1.29 is 0 Å². The largest absolute Gasteiger partial charge is 0.309 e. The number of rotatable bonds is 6. The van der Waals surface area contributed by atoms with Crippen molar-refractivity contribution in [1.29, 1.82) is 0 Å². The highest BCUT2D eigenvalue weighted by molar-refractivity contribution is 7.99. The molecular weight excluding hydrogens is 321 g/mol. The van der Waals surface area contributed by atoms with Gasteiger partial charge in [-0.2, -0.15) is 0 Å². The molecule has 0 heterocycles. The summed E-state index contributed by atoms with van der Waals surface area (Å²) in [6, 6.07) is 14.3. The molecule has 0 fully saturated rings. The molecule has 0 aliphatic carbocycles. The maximum atomic E-state index is 6.33. The second-order valence-electron chi connectivity index (χ2n) is 4.85. The zero-order valence-electron chi connectivity index (χ0n) is 12.2. The van der Waals surface area contributed by atoms with Gasteiger partial charge in [0.25, 0.3) is 0 Å². The number of aryl methyl sites for hydroxylation is 1. The van der Waals surface area contributed by atoms with E-state index in [0.717, 1.165) is 27.9 Å². The van der Waals surface area contributed by atoms with Gasteiger partial charge in [-0.15, -0.1) is 11.8 Å². The third kappa shape index (κ3) is 4.65. The van der Waals surface area contributed by atoms with Crippen molar-refractivity contribution in [3.05, 3.63) is 63.6 Å². The lowest BCUT2D eigenvalue weighted by Gasteiger charge is -2.20. The average molecular weight is 340 g/mol. The van der Waals surface area contributed by atoms with E-state index in [0.29, 0.717) is 0 Å². The Labute approximate surface area is 141 Å². The van der Waals surface area contributed by atoms with E-state index >= 15 is 0 Å². The van der Waals surface area contributed by atoms with Crippen molar-refractivity contribution in [2.75, 3.05) is 12.3 Å². The van der Waals surface area contributed by atoms with Crippen molar-refractivity contribution in [1.82, 2.24) is 5.32 Å². The molecule has 0 radical (unpaired) electrons. The Morgan fingerprint density at radius 3 is 2.62 bits per heavy atom. The third-order valence-corrected chi connectivity index (χ3v) is 5.13. The Kier molecular flexibility index (Phi) is 6.43. The Morgan fingerprint density at radius 1 is 1.14 bits per heavy atom. The zero-order valence-corrected chi connectivity index (χ0v) is 14.5. The molecule has 112 valence electrons. The minimum absolute atomic E-state index is 0.186. The molecule has 4 heteroatoms. The molecule has 2 aromatic rings. The van der Waals surface area contributed by atoms with Crippen LogP contribution in [0.5, 0.6) is 0 Å². The Balaban J connectivity index is 2.16. The van der Waals surface area contributed by atoms with Crippen LogP contribution in [0.1, 0.15) is 24.1 Å². The number of thioether (sulfide) groups is 1. The smallest absolute Gasteiger partial charge is 0.0455 e. The summed E-state index contributed by atoms with van der Waals surface area (Å²) in [6.07, 6.45) is 0. The lowest BCUT2D eigenvalue weighted by Crippen LogP contribution is -2.23. The van der Waals surface area contributed by atoms with Crippen LogP contribution >= 0.6 is 35.0 Å². The normalized spacial score (nSPS) is 12.4. The number of nitrogens with one attached hydrogen (secondary N) is 1. The molecule has 0 saturated heterocycles. The third-order valence-electron chi connectivity index (χ3n) is 3.28. The molecule has 0 aliphatic rings. The van der Waals surface area contributed by atoms with Crippen LogP contribution in [0.2, 0.25) is 10.0 Å². The van der Waals surface area contributed by atoms with Crippen LogP contribution in [-0.2, 0) is 0 Å². The fraction of sp³-hybridized carbons (Fsp3) is 0.294. The summed E-state index contributed by atoms with van der Waals surface area (Å²) in [7, 11) is 0. The molecule has 0 spiro atoms. The first kappa shape index (κ1) is 16.7. The van der Waals surface area contributed by atoms with Crippen molar-refractivity contribution in [3.8, 4) is 0 Å². The van der Waals surface area contributed by atoms with Crippen LogP contribution in [0, 0.1) is 6.92 Å². The van der Waals surface area contributed by atoms with Gasteiger partial charge in [-0.1, -0.05) is 48.3 Å². The van der Waals surface area contributed by atoms with Crippen LogP contribution in [0.4, 0.5) is 0 Å². The van der Waals surface area contributed by atoms with Crippen molar-refractivity contribution in [3.63, 3.8) is 0 Å². The topological polar surface area (TPSA) is 12.0 Å². The average Bonchev–Trinajstić information content (AvgIpc) is 2.48. The summed E-state index contributed by atoms with van der Waals surface area (Å²) < 4.78 is 0. The standard InChI is InChI=1S/C17H19Cl2NS/c1-3-20-16(14-10-13(18)8-9-15(14)19)11-21-17-7-5-4-6-12(17)2/h4-10,16,20H,3,11H2,1-2H3. The maximum Gasteiger partial charge on any atom is 0.0455 e. The maximum absolute atomic E-state index is 6.33. The lowest BCUT2D eigenvalue weighted by molar-refractivity contribution is 0.606. The molecule has 0 amide bonds. The highest BCUT2D eigenvalue weighted by Gasteiger charge is 2.15. The van der Waals surface area contributed by atoms with E-state index in [-0.39, 0.29) is 6.04 Å². The van der Waals surface area contributed by atoms with Crippen molar-refractivity contribution in [2.45, 2.75) is 24.8 Å². The van der Waals surface area contributed by atoms with Crippen molar-refractivity contribution >= 4 is 35.0 Å². The van der Waals surface area contributed by atoms with Gasteiger partial charge in [-0.05, 0) is 48.9 Å². The molecule has 0 bridgehead atoms. The van der Waals surface area contributed by atoms with Gasteiger partial charge in [0.1, 0.15) is 0 Å². The monoisotopic (exact) mass is 339 g/mol. The molecule has 0 aliphatic heterocycles. The van der Waals surface area contributed by atoms with E-state index in [4.69, 9.17) is 23.2 Å². The summed E-state index contributed by atoms with van der Waals surface area (Å²) in [5.74, 6) is 0.915. The van der Waals surface area contributed by atoms with Gasteiger partial charge in [0.05, 0.1) is 0 Å². The van der Waals surface area contributed by atoms with E-state index < -0.39 is 0 Å². The first-order valence-corrected chi connectivity index (χ1v) is 8.72. The number of hydrogen-bond acceptors (Lipinski definition) is 2. The van der Waals surface area contributed by atoms with Crippen LogP contribution < -0.4 is 5.32 Å². The zero-order chi connectivity index (χ0) is 15.2. The van der Waals surface area contributed by atoms with E-state index in [2.05, 4.69) is 43.4 Å². The molecule has 0 saturated carbocycles. The number of halogens is 2. The van der Waals surface area contributed by atoms with Gasteiger partial charge < -0.3 is 5.32 Å². The first-order valence-electron chi connectivity index (χ1n) is 6.98. The van der Waals surface area contributed by atoms with E-state index in [1.807, 2.05) is 30.0 Å². The summed E-state index contributed by atoms with van der Waals surface area (Å²) in [5, 5.41) is 4.97. The van der Waals surface area contributed by atoms with Crippen LogP contribution in [0.25, 0.3) is 0 Å². The summed E-state index contributed by atoms with van der Waals surface area (Å²) in [6.45, 7) is 5.13. The Morgan fingerprint density at radius 2 is 1.90 bits per heavy atom. The van der Waals surface area contributed by atoms with Crippen LogP contribution in [0.15, 0.2) is 47.4 Å². The fourth-order valence-corrected chi connectivity index (χ4v) is 3.72. The number of benzene rings is 2. The van der Waals surface area contributed by atoms with E-state index in [9.17, 15) is 0 Å². The molecule has 1 atom stereocenters. The molecule has 0 aromatic heterocycles. The second-order valence-corrected chi connectivity index (χ2v) is 6.76. The highest BCUT2D eigenvalue weighted by Crippen LogP contribution is 2.31. The number of hydrogen-bond donors (Lipinski definition) is 1. The van der Waals surface area contributed by atoms with Crippen molar-refractivity contribution in [2.24, 2.45) is 0 Å². The van der Waals surface area contributed by atoms with E-state index in [1.165, 1.54) is 10.5 Å². The minimum Gasteiger partial charge on any atom is -0.309 e. The van der Waals surface area contributed by atoms with Gasteiger partial charge in [0, 0.05) is 26.7 Å². The van der Waals surface area contributed by atoms with Crippen LogP contribution in [-0.4, -0.2) is 12.3 Å². The Bertz CT molecular complexity index is 601. The van der Waals surface area contributed by atoms with Crippen LogP contribution in [0.3, 0.4) is 0 Å². The van der Waals surface area contributed by atoms with Gasteiger partial charge in [0.2, 0.25) is 0 Å².